The highest BCUT2D eigenvalue weighted by molar-refractivity contribution is 4.97. The van der Waals surface area contributed by atoms with Crippen molar-refractivity contribution in [3.8, 4) is 0 Å². The lowest BCUT2D eigenvalue weighted by atomic mass is 9.81. The Morgan fingerprint density at radius 3 is 2.00 bits per heavy atom. The van der Waals surface area contributed by atoms with E-state index < -0.39 is 0 Å². The second-order valence-electron chi connectivity index (χ2n) is 3.03. The van der Waals surface area contributed by atoms with E-state index in [2.05, 4.69) is 16.5 Å². The number of hydrogen-bond acceptors (Lipinski definition) is 4. The minimum atomic E-state index is 0. The molecular formula is C6H17N3O. The summed E-state index contributed by atoms with van der Waals surface area (Å²) in [6.07, 6.45) is 1.39. The maximum absolute atomic E-state index is 6.50. The molecule has 2 saturated heterocycles. The Balaban J connectivity index is 0.000000311. The van der Waals surface area contributed by atoms with Crippen LogP contribution in [-0.2, 0) is 0 Å². The first-order chi connectivity index (χ1) is 4.91. The van der Waals surface area contributed by atoms with Gasteiger partial charge in [-0.15, -0.1) is 0 Å². The maximum Gasteiger partial charge on any atom is 0.00892 e. The Hall–Kier alpha value is -0.160. The molecule has 2 rings (SSSR count). The second kappa shape index (κ2) is 3.30. The Labute approximate surface area is 62.2 Å². The van der Waals surface area contributed by atoms with Crippen molar-refractivity contribution in [3.05, 3.63) is 0 Å². The average molecular weight is 147 g/mol. The largest absolute Gasteiger partial charge is 0.320 e. The van der Waals surface area contributed by atoms with Crippen molar-refractivity contribution >= 4 is 0 Å². The van der Waals surface area contributed by atoms with Gasteiger partial charge in [-0.1, -0.05) is 0 Å². The third-order valence-corrected chi connectivity index (χ3v) is 2.33. The van der Waals surface area contributed by atoms with Crippen molar-refractivity contribution in [1.29, 1.82) is 0 Å². The summed E-state index contributed by atoms with van der Waals surface area (Å²) in [7, 11) is 0. The fourth-order valence-corrected chi connectivity index (χ4v) is 1.58. The molecule has 0 aromatic heterocycles. The summed E-state index contributed by atoms with van der Waals surface area (Å²) in [4.78, 5) is 0. The smallest absolute Gasteiger partial charge is 0.00892 e. The molecule has 0 saturated carbocycles. The number of hydrogen-bond donors (Lipinski definition) is 4. The second-order valence-corrected chi connectivity index (χ2v) is 3.03. The lowest BCUT2D eigenvalue weighted by Crippen LogP contribution is -2.54. The highest BCUT2D eigenvalue weighted by atomic mass is 16.4. The van der Waals surface area contributed by atoms with Crippen LogP contribution in [0, 0.1) is 5.41 Å². The van der Waals surface area contributed by atoms with Gasteiger partial charge in [-0.25, -0.2) is 5.90 Å². The predicted molar refractivity (Wildman–Crippen MR) is 40.9 cm³/mol. The van der Waals surface area contributed by atoms with Crippen LogP contribution in [0.1, 0.15) is 7.85 Å². The molecule has 62 valence electrons. The van der Waals surface area contributed by atoms with Gasteiger partial charge in [-0.05, 0) is 13.0 Å². The zero-order chi connectivity index (χ0) is 7.45. The Morgan fingerprint density at radius 2 is 1.80 bits per heavy atom. The van der Waals surface area contributed by atoms with Crippen molar-refractivity contribution in [3.63, 3.8) is 0 Å². The molecular weight excluding hydrogens is 130 g/mol. The molecule has 0 aromatic rings. The van der Waals surface area contributed by atoms with Gasteiger partial charge in [0.2, 0.25) is 0 Å². The molecule has 5 N–H and O–H groups in total. The van der Waals surface area contributed by atoms with Gasteiger partial charge in [-0.2, -0.15) is 0 Å². The Kier molecular flexibility index (Phi) is 2.62. The van der Waals surface area contributed by atoms with E-state index in [-0.39, 0.29) is 1.43 Å². The standard InChI is InChI=1S/C6H12N2.H3NO.H2/c1-2-7-3-6(1)4-8-5-6;1-2;/h7-8H,1-5H2;2H,1H2;1H. The number of rotatable bonds is 0. The van der Waals surface area contributed by atoms with E-state index >= 15 is 0 Å². The maximum atomic E-state index is 6.50. The van der Waals surface area contributed by atoms with Gasteiger partial charge < -0.3 is 15.8 Å². The first-order valence-corrected chi connectivity index (χ1v) is 3.59. The van der Waals surface area contributed by atoms with Crippen LogP contribution in [0.2, 0.25) is 0 Å². The van der Waals surface area contributed by atoms with Crippen LogP contribution in [0.3, 0.4) is 0 Å². The first-order valence-electron chi connectivity index (χ1n) is 3.59. The molecule has 2 fully saturated rings. The summed E-state index contributed by atoms with van der Waals surface area (Å²) in [5, 5.41) is 13.2. The van der Waals surface area contributed by atoms with Gasteiger partial charge in [0.1, 0.15) is 0 Å². The van der Waals surface area contributed by atoms with E-state index in [0.29, 0.717) is 5.41 Å². The molecule has 0 atom stereocenters. The predicted octanol–water partition coefficient (Wildman–Crippen LogP) is -0.850. The molecule has 0 aromatic carbocycles. The van der Waals surface area contributed by atoms with Gasteiger partial charge in [-0.3, -0.25) is 0 Å². The summed E-state index contributed by atoms with van der Waals surface area (Å²) >= 11 is 0. The van der Waals surface area contributed by atoms with Crippen LogP contribution in [-0.4, -0.2) is 31.4 Å². The van der Waals surface area contributed by atoms with Crippen molar-refractivity contribution in [2.24, 2.45) is 11.3 Å². The van der Waals surface area contributed by atoms with Crippen LogP contribution in [0.25, 0.3) is 0 Å². The van der Waals surface area contributed by atoms with Gasteiger partial charge >= 0.3 is 0 Å². The van der Waals surface area contributed by atoms with Crippen LogP contribution in [0.5, 0.6) is 0 Å². The Morgan fingerprint density at radius 1 is 1.20 bits per heavy atom. The molecule has 0 aliphatic carbocycles. The number of nitrogens with one attached hydrogen (secondary N) is 2. The summed E-state index contributed by atoms with van der Waals surface area (Å²) in [6.45, 7) is 4.99. The SMILES string of the molecule is C1CC2(CN1)CNC2.NO.[HH]. The highest BCUT2D eigenvalue weighted by Crippen LogP contribution is 2.28. The number of nitrogens with two attached hydrogens (primary N) is 1. The molecule has 4 nitrogen and oxygen atoms in total. The summed E-state index contributed by atoms with van der Waals surface area (Å²) in [5.74, 6) is 3.50. The van der Waals surface area contributed by atoms with E-state index in [1.807, 2.05) is 0 Å². The molecule has 2 heterocycles. The topological polar surface area (TPSA) is 70.3 Å². The lowest BCUT2D eigenvalue weighted by molar-refractivity contribution is 0.197. The molecule has 2 aliphatic heterocycles. The monoisotopic (exact) mass is 147 g/mol. The summed E-state index contributed by atoms with van der Waals surface area (Å²) in [5.41, 5.74) is 0.694. The van der Waals surface area contributed by atoms with Crippen LogP contribution >= 0.6 is 0 Å². The molecule has 2 aliphatic rings. The minimum absolute atomic E-state index is 0. The first kappa shape index (κ1) is 7.94. The molecule has 0 bridgehead atoms. The van der Waals surface area contributed by atoms with E-state index in [4.69, 9.17) is 5.21 Å². The van der Waals surface area contributed by atoms with Crippen molar-refractivity contribution < 1.29 is 6.63 Å². The average Bonchev–Trinajstić information content (AvgIpc) is 2.38. The van der Waals surface area contributed by atoms with Gasteiger partial charge in [0.15, 0.2) is 0 Å². The van der Waals surface area contributed by atoms with Crippen LogP contribution < -0.4 is 16.5 Å². The molecule has 1 spiro atoms. The van der Waals surface area contributed by atoms with Crippen molar-refractivity contribution in [2.75, 3.05) is 26.2 Å². The zero-order valence-corrected chi connectivity index (χ0v) is 6.06. The van der Waals surface area contributed by atoms with Crippen molar-refractivity contribution in [2.45, 2.75) is 6.42 Å². The summed E-state index contributed by atoms with van der Waals surface area (Å²) < 4.78 is 0. The van der Waals surface area contributed by atoms with Gasteiger partial charge in [0, 0.05) is 26.5 Å². The normalized spacial score (nSPS) is 27.0. The third kappa shape index (κ3) is 1.29. The zero-order valence-electron chi connectivity index (χ0n) is 6.06. The van der Waals surface area contributed by atoms with Crippen molar-refractivity contribution in [1.82, 2.24) is 10.6 Å². The van der Waals surface area contributed by atoms with E-state index in [1.54, 1.807) is 0 Å². The quantitative estimate of drug-likeness (QED) is 0.337. The van der Waals surface area contributed by atoms with E-state index in [0.717, 1.165) is 0 Å². The fraction of sp³-hybridized carbons (Fsp3) is 1.00. The van der Waals surface area contributed by atoms with E-state index in [9.17, 15) is 0 Å². The van der Waals surface area contributed by atoms with Gasteiger partial charge in [0.05, 0.1) is 0 Å². The molecule has 10 heavy (non-hydrogen) atoms. The highest BCUT2D eigenvalue weighted by Gasteiger charge is 2.38. The fourth-order valence-electron chi connectivity index (χ4n) is 1.58. The van der Waals surface area contributed by atoms with Crippen LogP contribution in [0.15, 0.2) is 0 Å². The van der Waals surface area contributed by atoms with Gasteiger partial charge in [0.25, 0.3) is 0 Å². The van der Waals surface area contributed by atoms with Crippen LogP contribution in [0.4, 0.5) is 0 Å². The minimum Gasteiger partial charge on any atom is -0.320 e. The Bertz CT molecular complexity index is 100. The third-order valence-electron chi connectivity index (χ3n) is 2.33. The molecule has 0 amide bonds. The summed E-state index contributed by atoms with van der Waals surface area (Å²) in [6, 6.07) is 0. The molecule has 4 heteroatoms. The van der Waals surface area contributed by atoms with E-state index in [1.165, 1.54) is 32.6 Å². The molecule has 0 radical (unpaired) electrons. The lowest BCUT2D eigenvalue weighted by Gasteiger charge is -2.38. The molecule has 0 unspecified atom stereocenters.